The van der Waals surface area contributed by atoms with Crippen LogP contribution in [0, 0.1) is 0 Å². The maximum Gasteiger partial charge on any atom is 0.263 e. The fraction of sp³-hybridized carbons (Fsp3) is 0.417. The predicted molar refractivity (Wildman–Crippen MR) is 81.3 cm³/mol. The van der Waals surface area contributed by atoms with Crippen molar-refractivity contribution in [1.82, 2.24) is 4.90 Å². The predicted octanol–water partition coefficient (Wildman–Crippen LogP) is 3.44. The first-order valence-corrected chi connectivity index (χ1v) is 8.08. The van der Waals surface area contributed by atoms with Crippen LogP contribution < -0.4 is 0 Å². The summed E-state index contributed by atoms with van der Waals surface area (Å²) in [5.41, 5.74) is 0. The highest BCUT2D eigenvalue weighted by molar-refractivity contribution is 9.09. The number of methoxy groups -OCH3 is 1. The standard InChI is InChI=1S/C12H14BrNO2S2/c1-14(6-8(13)7-16-2)12(15)11-5-10-9(18-11)3-4-17-10/h3-5,8H,6-7H2,1-2H3. The molecule has 0 N–H and O–H groups in total. The van der Waals surface area contributed by atoms with E-state index in [2.05, 4.69) is 22.0 Å². The number of fused-ring (bicyclic) bond motifs is 1. The number of amides is 1. The lowest BCUT2D eigenvalue weighted by Gasteiger charge is -2.19. The number of nitrogens with zero attached hydrogens (tertiary/aromatic N) is 1. The SMILES string of the molecule is COCC(Br)CN(C)C(=O)c1cc2sccc2s1. The van der Waals surface area contributed by atoms with E-state index in [1.165, 1.54) is 9.40 Å². The molecule has 0 saturated carbocycles. The number of hydrogen-bond donors (Lipinski definition) is 0. The minimum atomic E-state index is 0.0731. The fourth-order valence-electron chi connectivity index (χ4n) is 1.67. The highest BCUT2D eigenvalue weighted by Gasteiger charge is 2.17. The van der Waals surface area contributed by atoms with Crippen molar-refractivity contribution < 1.29 is 9.53 Å². The summed E-state index contributed by atoms with van der Waals surface area (Å²) in [7, 11) is 3.48. The molecule has 0 saturated heterocycles. The van der Waals surface area contributed by atoms with Gasteiger partial charge in [0, 0.05) is 30.1 Å². The highest BCUT2D eigenvalue weighted by Crippen LogP contribution is 2.30. The first-order chi connectivity index (χ1) is 8.61. The quantitative estimate of drug-likeness (QED) is 0.775. The summed E-state index contributed by atoms with van der Waals surface area (Å²) >= 11 is 6.72. The fourth-order valence-corrected chi connectivity index (χ4v) is 4.47. The lowest BCUT2D eigenvalue weighted by Crippen LogP contribution is -2.33. The molecule has 1 amide bonds. The van der Waals surface area contributed by atoms with E-state index in [4.69, 9.17) is 4.74 Å². The van der Waals surface area contributed by atoms with Crippen LogP contribution in [-0.2, 0) is 4.74 Å². The molecule has 0 aliphatic rings. The Balaban J connectivity index is 2.04. The molecule has 1 atom stereocenters. The Hall–Kier alpha value is -0.430. The third kappa shape index (κ3) is 3.12. The normalized spacial score (nSPS) is 12.8. The van der Waals surface area contributed by atoms with E-state index < -0.39 is 0 Å². The van der Waals surface area contributed by atoms with E-state index in [0.717, 1.165) is 4.88 Å². The molecule has 2 heterocycles. The Morgan fingerprint density at radius 2 is 2.33 bits per heavy atom. The Morgan fingerprint density at radius 1 is 1.56 bits per heavy atom. The molecule has 0 aliphatic carbocycles. The molecule has 0 radical (unpaired) electrons. The second-order valence-electron chi connectivity index (χ2n) is 4.00. The van der Waals surface area contributed by atoms with Crippen LogP contribution >= 0.6 is 38.6 Å². The van der Waals surface area contributed by atoms with Crippen molar-refractivity contribution in [2.45, 2.75) is 4.83 Å². The molecule has 2 aromatic heterocycles. The number of halogens is 1. The molecular weight excluding hydrogens is 334 g/mol. The van der Waals surface area contributed by atoms with Crippen LogP contribution in [0.3, 0.4) is 0 Å². The first-order valence-electron chi connectivity index (χ1n) is 5.47. The summed E-state index contributed by atoms with van der Waals surface area (Å²) in [6.07, 6.45) is 0. The van der Waals surface area contributed by atoms with Gasteiger partial charge in [-0.15, -0.1) is 22.7 Å². The van der Waals surface area contributed by atoms with Crippen molar-refractivity contribution in [3.05, 3.63) is 22.4 Å². The molecule has 3 nitrogen and oxygen atoms in total. The lowest BCUT2D eigenvalue weighted by atomic mass is 10.3. The molecule has 0 spiro atoms. The zero-order valence-corrected chi connectivity index (χ0v) is 13.4. The zero-order chi connectivity index (χ0) is 13.1. The van der Waals surface area contributed by atoms with Crippen LogP contribution in [0.1, 0.15) is 9.67 Å². The molecule has 0 aliphatic heterocycles. The van der Waals surface area contributed by atoms with Crippen molar-refractivity contribution in [2.24, 2.45) is 0 Å². The summed E-state index contributed by atoms with van der Waals surface area (Å²) < 4.78 is 7.41. The Bertz CT molecular complexity index is 508. The third-order valence-corrected chi connectivity index (χ3v) is 5.15. The molecule has 18 heavy (non-hydrogen) atoms. The summed E-state index contributed by atoms with van der Waals surface area (Å²) in [6, 6.07) is 4.03. The number of thiophene rings is 2. The molecular formula is C12H14BrNO2S2. The summed E-state index contributed by atoms with van der Waals surface area (Å²) in [4.78, 5) is 14.9. The monoisotopic (exact) mass is 347 g/mol. The Labute approximate surface area is 122 Å². The van der Waals surface area contributed by atoms with E-state index >= 15 is 0 Å². The number of carbonyl (C=O) groups is 1. The van der Waals surface area contributed by atoms with E-state index in [-0.39, 0.29) is 10.7 Å². The maximum atomic E-state index is 12.2. The smallest absolute Gasteiger partial charge is 0.263 e. The van der Waals surface area contributed by atoms with E-state index in [9.17, 15) is 4.79 Å². The molecule has 2 rings (SSSR count). The van der Waals surface area contributed by atoms with Crippen LogP contribution in [0.4, 0.5) is 0 Å². The number of alkyl halides is 1. The van der Waals surface area contributed by atoms with Crippen molar-refractivity contribution in [3.63, 3.8) is 0 Å². The topological polar surface area (TPSA) is 29.5 Å². The minimum absolute atomic E-state index is 0.0731. The van der Waals surface area contributed by atoms with Crippen LogP contribution in [0.5, 0.6) is 0 Å². The number of carbonyl (C=O) groups excluding carboxylic acids is 1. The van der Waals surface area contributed by atoms with Crippen LogP contribution in [0.25, 0.3) is 9.40 Å². The molecule has 6 heteroatoms. The summed E-state index contributed by atoms with van der Waals surface area (Å²) in [5, 5.41) is 2.05. The second-order valence-corrected chi connectivity index (χ2v) is 7.32. The molecule has 0 bridgehead atoms. The van der Waals surface area contributed by atoms with Crippen LogP contribution in [0.15, 0.2) is 17.5 Å². The van der Waals surface area contributed by atoms with Crippen molar-refractivity contribution in [3.8, 4) is 0 Å². The average Bonchev–Trinajstić information content (AvgIpc) is 2.87. The minimum Gasteiger partial charge on any atom is -0.383 e. The van der Waals surface area contributed by atoms with Gasteiger partial charge in [-0.3, -0.25) is 4.79 Å². The molecule has 98 valence electrons. The van der Waals surface area contributed by atoms with Gasteiger partial charge < -0.3 is 9.64 Å². The van der Waals surface area contributed by atoms with E-state index in [0.29, 0.717) is 13.2 Å². The largest absolute Gasteiger partial charge is 0.383 e. The zero-order valence-electron chi connectivity index (χ0n) is 10.2. The van der Waals surface area contributed by atoms with Gasteiger partial charge in [0.05, 0.1) is 16.3 Å². The lowest BCUT2D eigenvalue weighted by molar-refractivity contribution is 0.0789. The Morgan fingerprint density at radius 3 is 3.00 bits per heavy atom. The third-order valence-electron chi connectivity index (χ3n) is 2.52. The van der Waals surface area contributed by atoms with Gasteiger partial charge in [-0.25, -0.2) is 0 Å². The molecule has 2 aromatic rings. The van der Waals surface area contributed by atoms with Gasteiger partial charge in [-0.1, -0.05) is 15.9 Å². The van der Waals surface area contributed by atoms with E-state index in [1.807, 2.05) is 18.5 Å². The number of rotatable bonds is 5. The van der Waals surface area contributed by atoms with Gasteiger partial charge in [0.1, 0.15) is 0 Å². The summed E-state index contributed by atoms with van der Waals surface area (Å²) in [5.74, 6) is 0.0731. The molecule has 0 fully saturated rings. The number of ether oxygens (including phenoxy) is 1. The molecule has 1 unspecified atom stereocenters. The van der Waals surface area contributed by atoms with Gasteiger partial charge in [-0.2, -0.15) is 0 Å². The average molecular weight is 348 g/mol. The number of hydrogen-bond acceptors (Lipinski definition) is 4. The first kappa shape index (κ1) is 14.0. The molecule has 0 aromatic carbocycles. The maximum absolute atomic E-state index is 12.2. The summed E-state index contributed by atoms with van der Waals surface area (Å²) in [6.45, 7) is 1.23. The Kier molecular flexibility index (Phi) is 4.77. The van der Waals surface area contributed by atoms with Gasteiger partial charge in [0.25, 0.3) is 5.91 Å². The van der Waals surface area contributed by atoms with Crippen LogP contribution in [0.2, 0.25) is 0 Å². The van der Waals surface area contributed by atoms with Crippen LogP contribution in [-0.4, -0.2) is 42.9 Å². The van der Waals surface area contributed by atoms with Gasteiger partial charge in [0.15, 0.2) is 0 Å². The van der Waals surface area contributed by atoms with Crippen molar-refractivity contribution >= 4 is 53.9 Å². The van der Waals surface area contributed by atoms with Gasteiger partial charge in [0.2, 0.25) is 0 Å². The second kappa shape index (κ2) is 6.14. The highest BCUT2D eigenvalue weighted by atomic mass is 79.9. The van der Waals surface area contributed by atoms with Crippen molar-refractivity contribution in [2.75, 3.05) is 27.3 Å². The van der Waals surface area contributed by atoms with E-state index in [1.54, 1.807) is 34.7 Å². The van der Waals surface area contributed by atoms with Crippen molar-refractivity contribution in [1.29, 1.82) is 0 Å². The van der Waals surface area contributed by atoms with Gasteiger partial charge in [-0.05, 0) is 17.5 Å². The van der Waals surface area contributed by atoms with Gasteiger partial charge >= 0.3 is 0 Å².